The Morgan fingerprint density at radius 2 is 1.19 bits per heavy atom. The zero-order valence-electron chi connectivity index (χ0n) is 25.7. The molecule has 0 aliphatic carbocycles. The standard InChI is InChI=1S/C44H26N2OS/c1-2-13-28(14-3-1)32-16-6-7-17-33(32)41-43-42(35-19-9-11-21-39(35)48-43)46-44(45-41)36-25-31(30-23-22-27-12-4-5-15-29(27)24-30)26-38-40(36)34-18-8-10-20-37(34)47-38/h1-26H. The van der Waals surface area contributed by atoms with Gasteiger partial charge in [0, 0.05) is 32.0 Å². The van der Waals surface area contributed by atoms with E-state index >= 15 is 0 Å². The van der Waals surface area contributed by atoms with Crippen LogP contribution in [-0.4, -0.2) is 9.97 Å². The van der Waals surface area contributed by atoms with E-state index in [0.29, 0.717) is 5.82 Å². The number of hydrogen-bond acceptors (Lipinski definition) is 4. The topological polar surface area (TPSA) is 38.9 Å². The highest BCUT2D eigenvalue weighted by Gasteiger charge is 2.22. The summed E-state index contributed by atoms with van der Waals surface area (Å²) in [5, 5.41) is 5.63. The molecule has 10 aromatic rings. The van der Waals surface area contributed by atoms with Crippen LogP contribution in [0.25, 0.3) is 97.9 Å². The van der Waals surface area contributed by atoms with Gasteiger partial charge in [0.25, 0.3) is 0 Å². The van der Waals surface area contributed by atoms with Crippen LogP contribution in [0.1, 0.15) is 0 Å². The minimum absolute atomic E-state index is 0.683. The van der Waals surface area contributed by atoms with Crippen LogP contribution in [0.5, 0.6) is 0 Å². The van der Waals surface area contributed by atoms with Crippen molar-refractivity contribution in [2.75, 3.05) is 0 Å². The summed E-state index contributed by atoms with van der Waals surface area (Å²) in [6.45, 7) is 0. The maximum Gasteiger partial charge on any atom is 0.161 e. The van der Waals surface area contributed by atoms with Crippen molar-refractivity contribution >= 4 is 64.4 Å². The lowest BCUT2D eigenvalue weighted by atomic mass is 9.95. The van der Waals surface area contributed by atoms with Crippen LogP contribution in [0, 0.1) is 0 Å². The van der Waals surface area contributed by atoms with Crippen LogP contribution in [0.3, 0.4) is 0 Å². The van der Waals surface area contributed by atoms with Gasteiger partial charge in [-0.25, -0.2) is 9.97 Å². The van der Waals surface area contributed by atoms with Gasteiger partial charge in [-0.05, 0) is 63.4 Å². The summed E-state index contributed by atoms with van der Waals surface area (Å²) >= 11 is 1.76. The quantitative estimate of drug-likeness (QED) is 0.194. The Morgan fingerprint density at radius 3 is 2.08 bits per heavy atom. The maximum absolute atomic E-state index is 6.55. The Bertz CT molecular complexity index is 2850. The number of furan rings is 1. The molecule has 0 fully saturated rings. The second-order valence-electron chi connectivity index (χ2n) is 12.1. The summed E-state index contributed by atoms with van der Waals surface area (Å²) in [7, 11) is 0. The minimum Gasteiger partial charge on any atom is -0.456 e. The molecule has 3 heterocycles. The molecule has 0 radical (unpaired) electrons. The van der Waals surface area contributed by atoms with Crippen LogP contribution in [0.15, 0.2) is 162 Å². The highest BCUT2D eigenvalue weighted by atomic mass is 32.1. The van der Waals surface area contributed by atoms with Gasteiger partial charge in [0.2, 0.25) is 0 Å². The van der Waals surface area contributed by atoms with Crippen LogP contribution < -0.4 is 0 Å². The van der Waals surface area contributed by atoms with Crippen molar-refractivity contribution in [2.24, 2.45) is 0 Å². The molecule has 0 atom stereocenters. The van der Waals surface area contributed by atoms with Crippen LogP contribution in [0.4, 0.5) is 0 Å². The number of benzene rings is 7. The molecule has 0 saturated carbocycles. The van der Waals surface area contributed by atoms with Gasteiger partial charge in [-0.3, -0.25) is 0 Å². The maximum atomic E-state index is 6.55. The van der Waals surface area contributed by atoms with E-state index in [9.17, 15) is 0 Å². The van der Waals surface area contributed by atoms with E-state index in [2.05, 4.69) is 146 Å². The second-order valence-corrected chi connectivity index (χ2v) is 13.2. The van der Waals surface area contributed by atoms with Crippen molar-refractivity contribution in [3.05, 3.63) is 158 Å². The molecule has 0 N–H and O–H groups in total. The number of rotatable bonds is 4. The minimum atomic E-state index is 0.683. The molecule has 0 amide bonds. The number of aromatic nitrogens is 2. The van der Waals surface area contributed by atoms with Crippen LogP contribution >= 0.6 is 11.3 Å². The fourth-order valence-electron chi connectivity index (χ4n) is 7.02. The summed E-state index contributed by atoms with van der Waals surface area (Å²) in [6, 6.07) is 55.4. The third kappa shape index (κ3) is 4.27. The molecule has 3 aromatic heterocycles. The Labute approximate surface area is 280 Å². The molecule has 0 bridgehead atoms. The van der Waals surface area contributed by atoms with E-state index < -0.39 is 0 Å². The number of nitrogens with zero attached hydrogens (tertiary/aromatic N) is 2. The molecule has 0 saturated heterocycles. The van der Waals surface area contributed by atoms with Gasteiger partial charge >= 0.3 is 0 Å². The van der Waals surface area contributed by atoms with E-state index in [-0.39, 0.29) is 0 Å². The Kier molecular flexibility index (Phi) is 6.05. The monoisotopic (exact) mass is 630 g/mol. The average molecular weight is 631 g/mol. The summed E-state index contributed by atoms with van der Waals surface area (Å²) in [6.07, 6.45) is 0. The van der Waals surface area contributed by atoms with Crippen molar-refractivity contribution in [3.8, 4) is 44.9 Å². The number of thiophene rings is 1. The molecule has 4 heteroatoms. The first-order chi connectivity index (χ1) is 23.8. The Morgan fingerprint density at radius 1 is 0.458 bits per heavy atom. The van der Waals surface area contributed by atoms with Gasteiger partial charge in [-0.15, -0.1) is 11.3 Å². The van der Waals surface area contributed by atoms with Crippen molar-refractivity contribution in [1.82, 2.24) is 9.97 Å². The van der Waals surface area contributed by atoms with E-state index in [1.54, 1.807) is 11.3 Å². The third-order valence-corrected chi connectivity index (χ3v) is 10.5. The van der Waals surface area contributed by atoms with E-state index in [0.717, 1.165) is 76.6 Å². The van der Waals surface area contributed by atoms with Crippen molar-refractivity contribution < 1.29 is 4.42 Å². The summed E-state index contributed by atoms with van der Waals surface area (Å²) in [5.41, 5.74) is 10.1. The first-order valence-electron chi connectivity index (χ1n) is 16.1. The molecule has 0 spiro atoms. The molecule has 0 aliphatic heterocycles. The highest BCUT2D eigenvalue weighted by Crippen LogP contribution is 2.45. The lowest BCUT2D eigenvalue weighted by Gasteiger charge is -2.13. The number of fused-ring (bicyclic) bond motifs is 7. The summed E-state index contributed by atoms with van der Waals surface area (Å²) < 4.78 is 8.83. The van der Waals surface area contributed by atoms with E-state index in [1.807, 2.05) is 12.1 Å². The van der Waals surface area contributed by atoms with Gasteiger partial charge in [0.05, 0.1) is 15.9 Å². The van der Waals surface area contributed by atoms with E-state index in [1.165, 1.54) is 15.5 Å². The smallest absolute Gasteiger partial charge is 0.161 e. The Hall–Kier alpha value is -6.10. The molecular weight excluding hydrogens is 605 g/mol. The lowest BCUT2D eigenvalue weighted by Crippen LogP contribution is -1.96. The zero-order valence-corrected chi connectivity index (χ0v) is 26.5. The molecule has 10 rings (SSSR count). The van der Waals surface area contributed by atoms with Gasteiger partial charge in [-0.1, -0.05) is 127 Å². The fraction of sp³-hybridized carbons (Fsp3) is 0. The van der Waals surface area contributed by atoms with Gasteiger partial charge in [-0.2, -0.15) is 0 Å². The first kappa shape index (κ1) is 27.1. The fourth-order valence-corrected chi connectivity index (χ4v) is 8.17. The average Bonchev–Trinajstić information content (AvgIpc) is 3.73. The van der Waals surface area contributed by atoms with Gasteiger partial charge in [0.15, 0.2) is 5.82 Å². The normalized spacial score (nSPS) is 11.8. The summed E-state index contributed by atoms with van der Waals surface area (Å²) in [4.78, 5) is 10.9. The first-order valence-corrected chi connectivity index (χ1v) is 16.9. The van der Waals surface area contributed by atoms with Crippen molar-refractivity contribution in [3.63, 3.8) is 0 Å². The van der Waals surface area contributed by atoms with Gasteiger partial charge in [0.1, 0.15) is 11.2 Å². The molecule has 48 heavy (non-hydrogen) atoms. The Balaban J connectivity index is 1.31. The number of para-hydroxylation sites is 1. The SMILES string of the molecule is c1ccc(-c2ccccc2-c2nc(-c3cc(-c4ccc5ccccc5c4)cc4oc5ccccc5c34)nc3c2sc2ccccc23)cc1. The third-order valence-electron chi connectivity index (χ3n) is 9.29. The van der Waals surface area contributed by atoms with Crippen LogP contribution in [0.2, 0.25) is 0 Å². The summed E-state index contributed by atoms with van der Waals surface area (Å²) in [5.74, 6) is 0.683. The lowest BCUT2D eigenvalue weighted by molar-refractivity contribution is 0.669. The van der Waals surface area contributed by atoms with Crippen molar-refractivity contribution in [1.29, 1.82) is 0 Å². The largest absolute Gasteiger partial charge is 0.456 e. The highest BCUT2D eigenvalue weighted by molar-refractivity contribution is 7.26. The predicted octanol–water partition coefficient (Wildman–Crippen LogP) is 12.6. The molecule has 224 valence electrons. The molecule has 0 unspecified atom stereocenters. The van der Waals surface area contributed by atoms with Gasteiger partial charge < -0.3 is 4.42 Å². The molecule has 0 aliphatic rings. The van der Waals surface area contributed by atoms with Crippen molar-refractivity contribution in [2.45, 2.75) is 0 Å². The van der Waals surface area contributed by atoms with Crippen LogP contribution in [-0.2, 0) is 0 Å². The molecular formula is C44H26N2OS. The zero-order chi connectivity index (χ0) is 31.6. The number of hydrogen-bond donors (Lipinski definition) is 0. The molecule has 3 nitrogen and oxygen atoms in total. The predicted molar refractivity (Wildman–Crippen MR) is 201 cm³/mol. The second kappa shape index (κ2) is 10.7. The molecule has 7 aromatic carbocycles. The van der Waals surface area contributed by atoms with E-state index in [4.69, 9.17) is 14.4 Å².